The lowest BCUT2D eigenvalue weighted by Crippen LogP contribution is -3.18. The average Bonchev–Trinajstić information content (AvgIpc) is 3.64. The molecular weight excluding hydrogens is 715 g/mol. The minimum absolute atomic E-state index is 0.000383. The molecular formula is C21H32N7O17P3. The second-order valence-corrected chi connectivity index (χ2v) is 15.1. The first-order chi connectivity index (χ1) is 22.4. The lowest BCUT2D eigenvalue weighted by Gasteiger charge is -2.30. The van der Waals surface area contributed by atoms with Gasteiger partial charge in [0.1, 0.15) is 48.3 Å². The summed E-state index contributed by atoms with van der Waals surface area (Å²) in [5.74, 6) is -1.35. The van der Waals surface area contributed by atoms with Gasteiger partial charge in [0.05, 0.1) is 32.6 Å². The number of hydrogen-bond donors (Lipinski definition) is 9. The lowest BCUT2D eigenvalue weighted by atomic mass is 10.0. The number of phosphoric acid groups is 3. The molecule has 12 atom stereocenters. The number of imidazole rings is 1. The molecule has 24 nitrogen and oxygen atoms in total. The molecule has 5 rings (SSSR count). The van der Waals surface area contributed by atoms with Crippen LogP contribution in [-0.2, 0) is 45.8 Å². The van der Waals surface area contributed by atoms with Crippen LogP contribution in [0.25, 0.3) is 11.2 Å². The highest BCUT2D eigenvalue weighted by Gasteiger charge is 2.51. The summed E-state index contributed by atoms with van der Waals surface area (Å²) in [6.07, 6.45) is -7.44. The van der Waals surface area contributed by atoms with Gasteiger partial charge in [0, 0.05) is 0 Å². The van der Waals surface area contributed by atoms with Crippen LogP contribution in [0.1, 0.15) is 6.23 Å². The third-order valence-corrected chi connectivity index (χ3v) is 10.7. The molecule has 268 valence electrons. The van der Waals surface area contributed by atoms with Crippen molar-refractivity contribution < 1.29 is 85.6 Å². The van der Waals surface area contributed by atoms with E-state index in [9.17, 15) is 53.4 Å². The molecule has 1 amide bonds. The van der Waals surface area contributed by atoms with Gasteiger partial charge in [0.15, 0.2) is 23.8 Å². The molecule has 0 radical (unpaired) electrons. The Morgan fingerprint density at radius 3 is 2.42 bits per heavy atom. The smallest absolute Gasteiger partial charge is 0.478 e. The third-order valence-electron chi connectivity index (χ3n) is 7.60. The summed E-state index contributed by atoms with van der Waals surface area (Å²) in [6.45, 7) is -1.66. The number of aliphatic hydroxyl groups is 3. The number of phosphoric ester groups is 3. The van der Waals surface area contributed by atoms with Gasteiger partial charge in [-0.15, -0.1) is 0 Å². The first kappa shape index (κ1) is 37.0. The molecule has 2 fully saturated rings. The molecule has 3 aliphatic heterocycles. The standard InChI is InChI=1S/C21H32N7O17P3/c22-17-12-19(25-7-24-17)28(8-26-12)21-16(44-46(33,34)35)14(30)11(43-21)6-41-48(38,39)45-47(36,37)40-5-10-13(29)15(31)20(42-10)27-3-1-2-9(4-27)18(23)32/h1-2,7-11,13-16,20-21,29-31H,3-6H2,(H2,23,32)(H,36,37)(H,38,39)(H2,22,24,25)(H2,33,34,35). The summed E-state index contributed by atoms with van der Waals surface area (Å²) in [7, 11) is -16.5. The maximum Gasteiger partial charge on any atom is 0.478 e. The first-order valence-electron chi connectivity index (χ1n) is 13.8. The van der Waals surface area contributed by atoms with Crippen LogP contribution in [0.2, 0.25) is 0 Å². The van der Waals surface area contributed by atoms with Crippen molar-refractivity contribution in [2.24, 2.45) is 11.7 Å². The van der Waals surface area contributed by atoms with E-state index in [1.165, 1.54) is 0 Å². The van der Waals surface area contributed by atoms with E-state index in [1.807, 2.05) is 0 Å². The Morgan fingerprint density at radius 2 is 1.73 bits per heavy atom. The Labute approximate surface area is 269 Å². The fourth-order valence-corrected chi connectivity index (χ4v) is 7.98. The number of aliphatic hydroxyl groups excluding tert-OH is 3. The van der Waals surface area contributed by atoms with Crippen LogP contribution in [0, 0.1) is 5.92 Å². The van der Waals surface area contributed by atoms with E-state index in [0.29, 0.717) is 4.90 Å². The fraction of sp³-hybridized carbons (Fsp3) is 0.619. The van der Waals surface area contributed by atoms with Crippen LogP contribution >= 0.6 is 23.5 Å². The van der Waals surface area contributed by atoms with Crippen molar-refractivity contribution in [2.75, 3.05) is 32.0 Å². The second kappa shape index (κ2) is 14.1. The number of rotatable bonds is 13. The molecule has 48 heavy (non-hydrogen) atoms. The Bertz CT molecular complexity index is 1680. The number of amides is 1. The van der Waals surface area contributed by atoms with E-state index in [4.69, 9.17) is 20.9 Å². The molecule has 3 aliphatic rings. The molecule has 2 saturated heterocycles. The van der Waals surface area contributed by atoms with Gasteiger partial charge in [-0.25, -0.2) is 28.4 Å². The third kappa shape index (κ3) is 8.34. The summed E-state index contributed by atoms with van der Waals surface area (Å²) >= 11 is 0. The molecule has 11 N–H and O–H groups in total. The summed E-state index contributed by atoms with van der Waals surface area (Å²) in [5.41, 5.74) is 11.1. The summed E-state index contributed by atoms with van der Waals surface area (Å²) in [6, 6.07) is 0. The average molecular weight is 747 g/mol. The van der Waals surface area contributed by atoms with Crippen LogP contribution in [0.4, 0.5) is 5.82 Å². The number of ether oxygens (including phenoxy) is 2. The molecule has 5 heterocycles. The quantitative estimate of drug-likeness (QED) is 0.0682. The van der Waals surface area contributed by atoms with Crippen LogP contribution in [-0.4, -0.2) is 125 Å². The Balaban J connectivity index is 1.19. The van der Waals surface area contributed by atoms with E-state index in [0.717, 1.165) is 17.2 Å². The summed E-state index contributed by atoms with van der Waals surface area (Å²) in [4.78, 5) is 65.1. The van der Waals surface area contributed by atoms with Crippen molar-refractivity contribution in [2.45, 2.75) is 49.1 Å². The zero-order valence-corrected chi connectivity index (χ0v) is 27.0. The summed E-state index contributed by atoms with van der Waals surface area (Å²) < 4.78 is 66.9. The number of nitrogens with zero attached hydrogens (tertiary/aromatic N) is 4. The Hall–Kier alpha value is -2.31. The van der Waals surface area contributed by atoms with E-state index in [-0.39, 0.29) is 30.1 Å². The van der Waals surface area contributed by atoms with Gasteiger partial charge in [0.25, 0.3) is 7.82 Å². The molecule has 0 spiro atoms. The fourth-order valence-electron chi connectivity index (χ4n) is 5.38. The van der Waals surface area contributed by atoms with Crippen LogP contribution in [0.5, 0.6) is 0 Å². The normalized spacial score (nSPS) is 35.1. The molecule has 0 bridgehead atoms. The van der Waals surface area contributed by atoms with Gasteiger partial charge in [-0.1, -0.05) is 6.08 Å². The highest BCUT2D eigenvalue weighted by molar-refractivity contribution is 7.60. The number of hydrogen-bond acceptors (Lipinski definition) is 18. The Kier molecular flexibility index (Phi) is 10.9. The van der Waals surface area contributed by atoms with Gasteiger partial charge in [0.2, 0.25) is 12.1 Å². The van der Waals surface area contributed by atoms with Gasteiger partial charge < -0.3 is 65.3 Å². The molecule has 2 aromatic rings. The zero-order valence-electron chi connectivity index (χ0n) is 24.3. The number of nitrogens with two attached hydrogens (primary N) is 2. The molecule has 2 aromatic heterocycles. The SMILES string of the molecule is NC(=O)C1C=CC[NH+](C2OC(COP(=O)([O-])OP(=O)(O)OCC3OC(n4cnc5c(N)ncnc54)C(OP(=O)(O)O)C3O)C(O)C2O)C1. The molecule has 12 unspecified atom stereocenters. The van der Waals surface area contributed by atoms with Gasteiger partial charge >= 0.3 is 15.6 Å². The molecule has 0 aromatic carbocycles. The maximum atomic E-state index is 12.5. The predicted octanol–water partition coefficient (Wildman–Crippen LogP) is -5.23. The van der Waals surface area contributed by atoms with Gasteiger partial charge in [-0.3, -0.25) is 23.0 Å². The van der Waals surface area contributed by atoms with E-state index >= 15 is 0 Å². The maximum absolute atomic E-state index is 12.5. The number of anilines is 1. The highest BCUT2D eigenvalue weighted by Crippen LogP contribution is 2.58. The number of carbonyl (C=O) groups is 1. The van der Waals surface area contributed by atoms with Crippen molar-refractivity contribution in [1.82, 2.24) is 19.5 Å². The highest BCUT2D eigenvalue weighted by atomic mass is 31.3. The number of nitrogen functional groups attached to an aromatic ring is 1. The number of aromatic nitrogens is 4. The number of carbonyl (C=O) groups excluding carboxylic acids is 1. The Morgan fingerprint density at radius 1 is 1.04 bits per heavy atom. The minimum Gasteiger partial charge on any atom is -0.756 e. The van der Waals surface area contributed by atoms with Crippen molar-refractivity contribution in [3.63, 3.8) is 0 Å². The first-order valence-corrected chi connectivity index (χ1v) is 18.3. The number of nitrogens with one attached hydrogen (secondary N) is 1. The van der Waals surface area contributed by atoms with Crippen molar-refractivity contribution in [1.29, 1.82) is 0 Å². The zero-order chi connectivity index (χ0) is 35.2. The van der Waals surface area contributed by atoms with Crippen molar-refractivity contribution >= 4 is 46.4 Å². The van der Waals surface area contributed by atoms with Crippen molar-refractivity contribution in [3.8, 4) is 0 Å². The van der Waals surface area contributed by atoms with Gasteiger partial charge in [-0.2, -0.15) is 0 Å². The van der Waals surface area contributed by atoms with Crippen LogP contribution < -0.4 is 21.3 Å². The van der Waals surface area contributed by atoms with E-state index < -0.39 is 97.6 Å². The number of primary amides is 1. The number of fused-ring (bicyclic) bond motifs is 1. The predicted molar refractivity (Wildman–Crippen MR) is 150 cm³/mol. The number of quaternary nitrogens is 1. The molecule has 27 heteroatoms. The van der Waals surface area contributed by atoms with Crippen molar-refractivity contribution in [3.05, 3.63) is 24.8 Å². The van der Waals surface area contributed by atoms with E-state index in [1.54, 1.807) is 12.2 Å². The minimum atomic E-state index is -5.70. The van der Waals surface area contributed by atoms with Gasteiger partial charge in [-0.05, 0) is 6.08 Å². The van der Waals surface area contributed by atoms with Crippen LogP contribution in [0.3, 0.4) is 0 Å². The molecule has 0 saturated carbocycles. The second-order valence-electron chi connectivity index (χ2n) is 10.9. The van der Waals surface area contributed by atoms with E-state index in [2.05, 4.69) is 32.8 Å². The lowest BCUT2D eigenvalue weighted by molar-refractivity contribution is -0.947. The summed E-state index contributed by atoms with van der Waals surface area (Å²) in [5, 5.41) is 31.6. The molecule has 0 aliphatic carbocycles. The van der Waals surface area contributed by atoms with Crippen LogP contribution in [0.15, 0.2) is 24.8 Å². The largest absolute Gasteiger partial charge is 0.756 e. The monoisotopic (exact) mass is 747 g/mol. The topological polar surface area (TPSA) is 368 Å².